The van der Waals surface area contributed by atoms with E-state index in [0.29, 0.717) is 5.92 Å². The van der Waals surface area contributed by atoms with Crippen LogP contribution in [0, 0.1) is 12.3 Å². The molecule has 0 spiro atoms. The van der Waals surface area contributed by atoms with Crippen molar-refractivity contribution in [2.75, 3.05) is 0 Å². The van der Waals surface area contributed by atoms with Gasteiger partial charge in [-0.05, 0) is 12.0 Å². The monoisotopic (exact) mass is 185 g/mol. The molecule has 0 radical (unpaired) electrons. The summed E-state index contributed by atoms with van der Waals surface area (Å²) in [6, 6.07) is 1.84. The minimum absolute atomic E-state index is 0.322. The summed E-state index contributed by atoms with van der Waals surface area (Å²) in [4.78, 5) is 4.21. The van der Waals surface area contributed by atoms with E-state index < -0.39 is 0 Å². The van der Waals surface area contributed by atoms with Crippen molar-refractivity contribution in [1.82, 2.24) is 14.6 Å². The van der Waals surface area contributed by atoms with Crippen molar-refractivity contribution in [1.29, 1.82) is 0 Å². The molecule has 2 aromatic heterocycles. The van der Waals surface area contributed by atoms with E-state index in [9.17, 15) is 0 Å². The molecule has 0 bridgehead atoms. The topological polar surface area (TPSA) is 30.2 Å². The van der Waals surface area contributed by atoms with Gasteiger partial charge in [0.2, 0.25) is 0 Å². The lowest BCUT2D eigenvalue weighted by atomic mass is 10.1. The first kappa shape index (κ1) is 8.76. The van der Waals surface area contributed by atoms with E-state index in [0.717, 1.165) is 16.9 Å². The van der Waals surface area contributed by atoms with E-state index in [1.54, 1.807) is 10.7 Å². The highest BCUT2D eigenvalue weighted by molar-refractivity contribution is 5.59. The van der Waals surface area contributed by atoms with Crippen molar-refractivity contribution in [2.45, 2.75) is 19.8 Å². The molecule has 3 nitrogen and oxygen atoms in total. The Morgan fingerprint density at radius 1 is 1.50 bits per heavy atom. The summed E-state index contributed by atoms with van der Waals surface area (Å²) in [6.07, 6.45) is 9.04. The van der Waals surface area contributed by atoms with Crippen LogP contribution in [0.15, 0.2) is 18.5 Å². The third kappa shape index (κ3) is 1.16. The highest BCUT2D eigenvalue weighted by Crippen LogP contribution is 2.19. The second-order valence-corrected chi connectivity index (χ2v) is 3.45. The third-order valence-electron chi connectivity index (χ3n) is 2.11. The summed E-state index contributed by atoms with van der Waals surface area (Å²) in [5.41, 5.74) is 2.51. The SMILES string of the molecule is C#Cc1c(C(C)C)nn2cccnc12. The molecule has 3 heteroatoms. The Bertz CT molecular complexity index is 503. The van der Waals surface area contributed by atoms with Gasteiger partial charge in [0.15, 0.2) is 5.65 Å². The normalized spacial score (nSPS) is 10.7. The number of fused-ring (bicyclic) bond motifs is 1. The molecule has 0 saturated carbocycles. The molecule has 70 valence electrons. The zero-order chi connectivity index (χ0) is 10.1. The minimum Gasteiger partial charge on any atom is -0.236 e. The molecule has 0 fully saturated rings. The molecule has 2 heterocycles. The Kier molecular flexibility index (Phi) is 1.97. The van der Waals surface area contributed by atoms with Crippen molar-refractivity contribution in [3.63, 3.8) is 0 Å². The molecule has 2 aromatic rings. The maximum absolute atomic E-state index is 5.46. The van der Waals surface area contributed by atoms with Gasteiger partial charge in [0, 0.05) is 12.4 Å². The molecule has 0 aromatic carbocycles. The van der Waals surface area contributed by atoms with Crippen molar-refractivity contribution in [3.05, 3.63) is 29.7 Å². The van der Waals surface area contributed by atoms with E-state index in [1.807, 2.05) is 12.3 Å². The van der Waals surface area contributed by atoms with Gasteiger partial charge in [-0.1, -0.05) is 19.8 Å². The fraction of sp³-hybridized carbons (Fsp3) is 0.273. The molecule has 0 unspecified atom stereocenters. The molecule has 0 aliphatic heterocycles. The fourth-order valence-corrected chi connectivity index (χ4v) is 1.45. The van der Waals surface area contributed by atoms with Crippen molar-refractivity contribution in [3.8, 4) is 12.3 Å². The molecule has 2 rings (SSSR count). The van der Waals surface area contributed by atoms with Crippen LogP contribution in [0.2, 0.25) is 0 Å². The summed E-state index contributed by atoms with van der Waals surface area (Å²) < 4.78 is 1.73. The molecule has 0 amide bonds. The van der Waals surface area contributed by atoms with Crippen LogP contribution >= 0.6 is 0 Å². The van der Waals surface area contributed by atoms with Gasteiger partial charge in [0.05, 0.1) is 11.3 Å². The molecule has 14 heavy (non-hydrogen) atoms. The standard InChI is InChI=1S/C11H11N3/c1-4-9-10(8(2)3)13-14-7-5-6-12-11(9)14/h1,5-8H,2-3H3. The Morgan fingerprint density at radius 2 is 2.29 bits per heavy atom. The smallest absolute Gasteiger partial charge is 0.171 e. The van der Waals surface area contributed by atoms with Gasteiger partial charge < -0.3 is 0 Å². The van der Waals surface area contributed by atoms with Gasteiger partial charge in [0.25, 0.3) is 0 Å². The van der Waals surface area contributed by atoms with Crippen LogP contribution in [-0.2, 0) is 0 Å². The Balaban J connectivity index is 2.81. The molecule has 0 aliphatic rings. The Hall–Kier alpha value is -1.82. The largest absolute Gasteiger partial charge is 0.236 e. The highest BCUT2D eigenvalue weighted by Gasteiger charge is 2.13. The van der Waals surface area contributed by atoms with Gasteiger partial charge in [-0.3, -0.25) is 0 Å². The zero-order valence-corrected chi connectivity index (χ0v) is 8.23. The zero-order valence-electron chi connectivity index (χ0n) is 8.23. The summed E-state index contributed by atoms with van der Waals surface area (Å²) in [5, 5.41) is 4.39. The Morgan fingerprint density at radius 3 is 2.93 bits per heavy atom. The maximum atomic E-state index is 5.46. The molecular weight excluding hydrogens is 174 g/mol. The number of aromatic nitrogens is 3. The van der Waals surface area contributed by atoms with Gasteiger partial charge in [-0.2, -0.15) is 5.10 Å². The highest BCUT2D eigenvalue weighted by atomic mass is 15.2. The van der Waals surface area contributed by atoms with E-state index >= 15 is 0 Å². The summed E-state index contributed by atoms with van der Waals surface area (Å²) in [7, 11) is 0. The van der Waals surface area contributed by atoms with Crippen LogP contribution in [0.3, 0.4) is 0 Å². The second kappa shape index (κ2) is 3.15. The predicted molar refractivity (Wildman–Crippen MR) is 55.0 cm³/mol. The van der Waals surface area contributed by atoms with Gasteiger partial charge in [0.1, 0.15) is 0 Å². The lowest BCUT2D eigenvalue weighted by Crippen LogP contribution is -1.91. The van der Waals surface area contributed by atoms with Gasteiger partial charge >= 0.3 is 0 Å². The van der Waals surface area contributed by atoms with E-state index in [4.69, 9.17) is 6.42 Å². The number of terminal acetylenes is 1. The quantitative estimate of drug-likeness (QED) is 0.634. The molecule has 0 atom stereocenters. The number of hydrogen-bond donors (Lipinski definition) is 0. The number of nitrogens with zero attached hydrogens (tertiary/aromatic N) is 3. The molecule has 0 saturated heterocycles. The van der Waals surface area contributed by atoms with Crippen LogP contribution in [0.25, 0.3) is 5.65 Å². The average molecular weight is 185 g/mol. The first-order chi connectivity index (χ1) is 6.74. The number of hydrogen-bond acceptors (Lipinski definition) is 2. The van der Waals surface area contributed by atoms with Crippen LogP contribution < -0.4 is 0 Å². The minimum atomic E-state index is 0.322. The van der Waals surface area contributed by atoms with Crippen LogP contribution in [0.1, 0.15) is 31.0 Å². The van der Waals surface area contributed by atoms with Crippen molar-refractivity contribution in [2.24, 2.45) is 0 Å². The first-order valence-corrected chi connectivity index (χ1v) is 4.54. The van der Waals surface area contributed by atoms with Crippen LogP contribution in [0.5, 0.6) is 0 Å². The van der Waals surface area contributed by atoms with Crippen LogP contribution in [-0.4, -0.2) is 14.6 Å². The molecular formula is C11H11N3. The lowest BCUT2D eigenvalue weighted by molar-refractivity contribution is 0.785. The predicted octanol–water partition coefficient (Wildman–Crippen LogP) is 1.83. The Labute approximate surface area is 82.8 Å². The summed E-state index contributed by atoms with van der Waals surface area (Å²) in [5.74, 6) is 2.98. The van der Waals surface area contributed by atoms with Crippen LogP contribution in [0.4, 0.5) is 0 Å². The van der Waals surface area contributed by atoms with Crippen molar-refractivity contribution >= 4 is 5.65 Å². The molecule has 0 aliphatic carbocycles. The first-order valence-electron chi connectivity index (χ1n) is 4.54. The van der Waals surface area contributed by atoms with Crippen molar-refractivity contribution < 1.29 is 0 Å². The number of rotatable bonds is 1. The van der Waals surface area contributed by atoms with E-state index in [1.165, 1.54) is 0 Å². The van der Waals surface area contributed by atoms with E-state index in [-0.39, 0.29) is 0 Å². The van der Waals surface area contributed by atoms with Gasteiger partial charge in [-0.25, -0.2) is 9.50 Å². The van der Waals surface area contributed by atoms with E-state index in [2.05, 4.69) is 29.9 Å². The lowest BCUT2D eigenvalue weighted by Gasteiger charge is -1.98. The maximum Gasteiger partial charge on any atom is 0.171 e. The summed E-state index contributed by atoms with van der Waals surface area (Å²) in [6.45, 7) is 4.14. The molecule has 0 N–H and O–H groups in total. The average Bonchev–Trinajstić information content (AvgIpc) is 2.56. The van der Waals surface area contributed by atoms with Gasteiger partial charge in [-0.15, -0.1) is 6.42 Å². The second-order valence-electron chi connectivity index (χ2n) is 3.45. The third-order valence-corrected chi connectivity index (χ3v) is 2.11. The fourth-order valence-electron chi connectivity index (χ4n) is 1.45. The summed E-state index contributed by atoms with van der Waals surface area (Å²) >= 11 is 0.